The van der Waals surface area contributed by atoms with Gasteiger partial charge in [-0.3, -0.25) is 9.69 Å². The van der Waals surface area contributed by atoms with Crippen molar-refractivity contribution in [3.8, 4) is 5.75 Å². The Bertz CT molecular complexity index is 1050. The molecule has 1 aliphatic carbocycles. The van der Waals surface area contributed by atoms with Crippen LogP contribution in [0.4, 0.5) is 17.6 Å². The van der Waals surface area contributed by atoms with Crippen molar-refractivity contribution in [1.82, 2.24) is 15.0 Å². The molecule has 0 aromatic carbocycles. The van der Waals surface area contributed by atoms with E-state index in [1.807, 2.05) is 0 Å². The Morgan fingerprint density at radius 2 is 1.93 bits per heavy atom. The van der Waals surface area contributed by atoms with Gasteiger partial charge in [-0.1, -0.05) is 12.8 Å². The van der Waals surface area contributed by atoms with E-state index in [1.165, 1.54) is 18.3 Å². The average molecular weight is 418 g/mol. The lowest BCUT2D eigenvalue weighted by atomic mass is 10.0. The SMILES string of the molecule is CC1(C)Oc2cnc(Nc3ccc(S(N)(=O)=O)cn3)nc2N(C2CCCC2)C1=O. The first kappa shape index (κ1) is 19.5. The van der Waals surface area contributed by atoms with Crippen LogP contribution in [0, 0.1) is 0 Å². The summed E-state index contributed by atoms with van der Waals surface area (Å²) in [5.41, 5.74) is -0.987. The third kappa shape index (κ3) is 3.75. The number of anilines is 3. The van der Waals surface area contributed by atoms with Gasteiger partial charge in [0.1, 0.15) is 10.7 Å². The Kier molecular flexibility index (Phi) is 4.66. The molecule has 10 nitrogen and oxygen atoms in total. The van der Waals surface area contributed by atoms with Crippen LogP contribution in [0.1, 0.15) is 39.5 Å². The van der Waals surface area contributed by atoms with E-state index in [9.17, 15) is 13.2 Å². The third-order valence-corrected chi connectivity index (χ3v) is 5.96. The van der Waals surface area contributed by atoms with Gasteiger partial charge < -0.3 is 10.1 Å². The smallest absolute Gasteiger partial charge is 0.272 e. The van der Waals surface area contributed by atoms with Gasteiger partial charge in [-0.15, -0.1) is 0 Å². The number of carbonyl (C=O) groups is 1. The molecule has 29 heavy (non-hydrogen) atoms. The first-order valence-corrected chi connectivity index (χ1v) is 10.9. The van der Waals surface area contributed by atoms with Crippen LogP contribution in [-0.2, 0) is 14.8 Å². The number of hydrogen-bond donors (Lipinski definition) is 2. The van der Waals surface area contributed by atoms with Crippen molar-refractivity contribution >= 4 is 33.5 Å². The summed E-state index contributed by atoms with van der Waals surface area (Å²) in [4.78, 5) is 27.4. The highest BCUT2D eigenvalue weighted by molar-refractivity contribution is 7.89. The van der Waals surface area contributed by atoms with Gasteiger partial charge in [0.2, 0.25) is 16.0 Å². The van der Waals surface area contributed by atoms with E-state index in [1.54, 1.807) is 18.7 Å². The zero-order valence-corrected chi connectivity index (χ0v) is 16.9. The van der Waals surface area contributed by atoms with Crippen LogP contribution in [-0.4, -0.2) is 40.9 Å². The molecule has 154 valence electrons. The lowest BCUT2D eigenvalue weighted by Gasteiger charge is -2.40. The van der Waals surface area contributed by atoms with Gasteiger partial charge in [0.05, 0.1) is 6.20 Å². The van der Waals surface area contributed by atoms with Gasteiger partial charge in [-0.2, -0.15) is 4.98 Å². The summed E-state index contributed by atoms with van der Waals surface area (Å²) in [7, 11) is -3.82. The molecule has 0 saturated heterocycles. The van der Waals surface area contributed by atoms with Crippen LogP contribution in [0.3, 0.4) is 0 Å². The van der Waals surface area contributed by atoms with Crippen LogP contribution in [0.25, 0.3) is 0 Å². The van der Waals surface area contributed by atoms with Crippen molar-refractivity contribution in [2.75, 3.05) is 10.2 Å². The summed E-state index contributed by atoms with van der Waals surface area (Å²) in [6.07, 6.45) is 6.66. The first-order chi connectivity index (χ1) is 13.6. The summed E-state index contributed by atoms with van der Waals surface area (Å²) >= 11 is 0. The predicted molar refractivity (Wildman–Crippen MR) is 105 cm³/mol. The number of nitrogens with zero attached hydrogens (tertiary/aromatic N) is 4. The Hall–Kier alpha value is -2.79. The first-order valence-electron chi connectivity index (χ1n) is 9.31. The summed E-state index contributed by atoms with van der Waals surface area (Å²) < 4.78 is 28.5. The molecule has 2 aromatic rings. The fourth-order valence-electron chi connectivity index (χ4n) is 3.61. The summed E-state index contributed by atoms with van der Waals surface area (Å²) in [6, 6.07) is 2.88. The lowest BCUT2D eigenvalue weighted by molar-refractivity contribution is -0.133. The normalized spacial score (nSPS) is 19.0. The van der Waals surface area contributed by atoms with Crippen molar-refractivity contribution in [3.05, 3.63) is 24.5 Å². The standard InChI is InChI=1S/C18H22N6O4S/c1-18(2)16(25)24(11-5-3-4-6-11)15-13(28-18)10-21-17(23-15)22-14-8-7-12(9-20-14)29(19,26)27/h7-11H,3-6H2,1-2H3,(H2,19,26,27)(H,20,21,22,23). The van der Waals surface area contributed by atoms with E-state index < -0.39 is 15.6 Å². The second-order valence-electron chi connectivity index (χ2n) is 7.66. The lowest BCUT2D eigenvalue weighted by Crippen LogP contribution is -2.55. The summed E-state index contributed by atoms with van der Waals surface area (Å²) in [6.45, 7) is 3.48. The molecule has 1 amide bonds. The highest BCUT2D eigenvalue weighted by Crippen LogP contribution is 2.40. The molecule has 11 heteroatoms. The molecule has 1 saturated carbocycles. The molecular weight excluding hydrogens is 396 g/mol. The summed E-state index contributed by atoms with van der Waals surface area (Å²) in [5, 5.41) is 8.00. The number of rotatable bonds is 4. The largest absolute Gasteiger partial charge is 0.472 e. The number of hydrogen-bond acceptors (Lipinski definition) is 8. The average Bonchev–Trinajstić information content (AvgIpc) is 3.17. The van der Waals surface area contributed by atoms with E-state index in [-0.39, 0.29) is 22.8 Å². The zero-order chi connectivity index (χ0) is 20.8. The maximum absolute atomic E-state index is 13.0. The Morgan fingerprint density at radius 3 is 2.55 bits per heavy atom. The third-order valence-electron chi connectivity index (χ3n) is 5.06. The van der Waals surface area contributed by atoms with Gasteiger partial charge in [0, 0.05) is 12.2 Å². The van der Waals surface area contributed by atoms with E-state index in [0.29, 0.717) is 17.4 Å². The molecule has 0 atom stereocenters. The van der Waals surface area contributed by atoms with Crippen molar-refractivity contribution in [3.63, 3.8) is 0 Å². The molecule has 0 radical (unpaired) electrons. The maximum Gasteiger partial charge on any atom is 0.272 e. The van der Waals surface area contributed by atoms with Gasteiger partial charge in [0.15, 0.2) is 17.2 Å². The number of nitrogens with two attached hydrogens (primary N) is 1. The number of fused-ring (bicyclic) bond motifs is 1. The van der Waals surface area contributed by atoms with E-state index in [0.717, 1.165) is 31.9 Å². The second kappa shape index (κ2) is 6.92. The van der Waals surface area contributed by atoms with Crippen LogP contribution in [0.5, 0.6) is 5.75 Å². The number of amides is 1. The fourth-order valence-corrected chi connectivity index (χ4v) is 4.07. The maximum atomic E-state index is 13.0. The quantitative estimate of drug-likeness (QED) is 0.764. The minimum Gasteiger partial charge on any atom is -0.472 e. The zero-order valence-electron chi connectivity index (χ0n) is 16.1. The van der Waals surface area contributed by atoms with Gasteiger partial charge >= 0.3 is 0 Å². The second-order valence-corrected chi connectivity index (χ2v) is 9.22. The summed E-state index contributed by atoms with van der Waals surface area (Å²) in [5.74, 6) is 1.31. The van der Waals surface area contributed by atoms with E-state index in [2.05, 4.69) is 20.3 Å². The Balaban J connectivity index is 1.66. The van der Waals surface area contributed by atoms with Crippen LogP contribution in [0.15, 0.2) is 29.4 Å². The van der Waals surface area contributed by atoms with Crippen molar-refractivity contribution < 1.29 is 17.9 Å². The molecule has 4 rings (SSSR count). The Labute approximate surface area is 168 Å². The highest BCUT2D eigenvalue weighted by Gasteiger charge is 2.45. The van der Waals surface area contributed by atoms with Crippen LogP contribution < -0.4 is 20.1 Å². The molecule has 0 bridgehead atoms. The molecule has 1 aliphatic heterocycles. The number of ether oxygens (including phenoxy) is 1. The van der Waals surface area contributed by atoms with Crippen LogP contribution in [0.2, 0.25) is 0 Å². The van der Waals surface area contributed by atoms with Crippen LogP contribution >= 0.6 is 0 Å². The number of carbonyl (C=O) groups excluding carboxylic acids is 1. The van der Waals surface area contributed by atoms with Gasteiger partial charge in [-0.05, 0) is 38.8 Å². The number of primary sulfonamides is 1. The number of aromatic nitrogens is 3. The topological polar surface area (TPSA) is 140 Å². The molecule has 3 heterocycles. The van der Waals surface area contributed by atoms with Crippen molar-refractivity contribution in [2.24, 2.45) is 5.14 Å². The fraction of sp³-hybridized carbons (Fsp3) is 0.444. The van der Waals surface area contributed by atoms with Gasteiger partial charge in [-0.25, -0.2) is 23.5 Å². The molecule has 2 aliphatic rings. The van der Waals surface area contributed by atoms with E-state index in [4.69, 9.17) is 9.88 Å². The minimum atomic E-state index is -3.82. The minimum absolute atomic E-state index is 0.0827. The number of pyridine rings is 1. The Morgan fingerprint density at radius 1 is 1.21 bits per heavy atom. The molecule has 1 fully saturated rings. The molecule has 0 spiro atoms. The van der Waals surface area contributed by atoms with Gasteiger partial charge in [0.25, 0.3) is 5.91 Å². The van der Waals surface area contributed by atoms with Crippen molar-refractivity contribution in [2.45, 2.75) is 56.1 Å². The predicted octanol–water partition coefficient (Wildman–Crippen LogP) is 1.71. The van der Waals surface area contributed by atoms with E-state index >= 15 is 0 Å². The monoisotopic (exact) mass is 418 g/mol. The molecular formula is C18H22N6O4S. The molecule has 0 unspecified atom stereocenters. The number of nitrogens with one attached hydrogen (secondary N) is 1. The molecule has 3 N–H and O–H groups in total. The highest BCUT2D eigenvalue weighted by atomic mass is 32.2. The molecule has 2 aromatic heterocycles. The van der Waals surface area contributed by atoms with Crippen molar-refractivity contribution in [1.29, 1.82) is 0 Å². The number of sulfonamides is 1.